The van der Waals surface area contributed by atoms with E-state index in [0.717, 1.165) is 31.2 Å². The van der Waals surface area contributed by atoms with Crippen molar-refractivity contribution in [2.45, 2.75) is 32.7 Å². The van der Waals surface area contributed by atoms with Crippen LogP contribution < -0.4 is 14.9 Å². The molecule has 0 saturated carbocycles. The van der Waals surface area contributed by atoms with Gasteiger partial charge in [0, 0.05) is 12.6 Å². The summed E-state index contributed by atoms with van der Waals surface area (Å²) in [6.07, 6.45) is 2.56. The molecule has 7 nitrogen and oxygen atoms in total. The first kappa shape index (κ1) is 24.3. The van der Waals surface area contributed by atoms with Crippen LogP contribution in [0.5, 0.6) is 0 Å². The van der Waals surface area contributed by atoms with Crippen LogP contribution in [0.15, 0.2) is 42.5 Å². The van der Waals surface area contributed by atoms with E-state index in [4.69, 9.17) is 0 Å². The van der Waals surface area contributed by atoms with Gasteiger partial charge in [-0.05, 0) is 37.6 Å². The van der Waals surface area contributed by atoms with Crippen molar-refractivity contribution < 1.29 is 26.8 Å². The lowest BCUT2D eigenvalue weighted by molar-refractivity contribution is -0.116. The van der Waals surface area contributed by atoms with Crippen LogP contribution in [0.1, 0.15) is 37.0 Å². The van der Waals surface area contributed by atoms with Crippen LogP contribution in [-0.2, 0) is 14.8 Å². The number of hydrogen-bond acceptors (Lipinski definition) is 4. The predicted molar refractivity (Wildman–Crippen MR) is 115 cm³/mol. The third kappa shape index (κ3) is 6.24. The van der Waals surface area contributed by atoms with Gasteiger partial charge in [-0.15, -0.1) is 0 Å². The van der Waals surface area contributed by atoms with Crippen LogP contribution in [-0.4, -0.2) is 39.1 Å². The predicted octanol–water partition coefficient (Wildman–Crippen LogP) is 3.29. The van der Waals surface area contributed by atoms with Crippen molar-refractivity contribution in [1.29, 1.82) is 0 Å². The fourth-order valence-corrected chi connectivity index (χ4v) is 4.10. The zero-order chi connectivity index (χ0) is 23.2. The molecule has 0 bridgehead atoms. The van der Waals surface area contributed by atoms with E-state index >= 15 is 0 Å². The lowest BCUT2D eigenvalue weighted by atomic mass is 10.1. The maximum absolute atomic E-state index is 13.7. The Hall–Kier alpha value is -3.01. The van der Waals surface area contributed by atoms with Gasteiger partial charge in [-0.25, -0.2) is 17.2 Å². The topological polar surface area (TPSA) is 95.6 Å². The largest absolute Gasteiger partial charge is 0.352 e. The van der Waals surface area contributed by atoms with E-state index in [1.165, 1.54) is 19.1 Å². The Morgan fingerprint density at radius 1 is 1.10 bits per heavy atom. The summed E-state index contributed by atoms with van der Waals surface area (Å²) in [4.78, 5) is 25.3. The van der Waals surface area contributed by atoms with E-state index in [2.05, 4.69) is 10.6 Å². The molecule has 0 aliphatic rings. The number of rotatable bonds is 9. The second kappa shape index (κ2) is 10.3. The molecule has 0 aliphatic heterocycles. The van der Waals surface area contributed by atoms with Gasteiger partial charge in [-0.2, -0.15) is 0 Å². The van der Waals surface area contributed by atoms with E-state index in [9.17, 15) is 26.8 Å². The van der Waals surface area contributed by atoms with E-state index in [-0.39, 0.29) is 22.8 Å². The molecule has 2 aromatic rings. The average molecular weight is 454 g/mol. The molecule has 0 spiro atoms. The first-order valence-electron chi connectivity index (χ1n) is 9.68. The number of unbranched alkanes of at least 4 members (excludes halogenated alkanes) is 1. The van der Waals surface area contributed by atoms with E-state index < -0.39 is 33.6 Å². The van der Waals surface area contributed by atoms with Gasteiger partial charge in [0.15, 0.2) is 11.6 Å². The van der Waals surface area contributed by atoms with Gasteiger partial charge in [0.05, 0.1) is 23.2 Å². The summed E-state index contributed by atoms with van der Waals surface area (Å²) in [5.74, 6) is -3.51. The van der Waals surface area contributed by atoms with Crippen LogP contribution >= 0.6 is 0 Å². The van der Waals surface area contributed by atoms with E-state index in [0.29, 0.717) is 16.9 Å². The summed E-state index contributed by atoms with van der Waals surface area (Å²) in [5.41, 5.74) is 0.222. The number of nitrogens with zero attached hydrogens (tertiary/aromatic N) is 1. The number of amides is 2. The fraction of sp³-hybridized carbons (Fsp3) is 0.333. The van der Waals surface area contributed by atoms with Crippen LogP contribution in [0.25, 0.3) is 0 Å². The molecule has 168 valence electrons. The molecule has 2 aromatic carbocycles. The molecule has 0 radical (unpaired) electrons. The van der Waals surface area contributed by atoms with Crippen molar-refractivity contribution in [3.8, 4) is 0 Å². The zero-order valence-electron chi connectivity index (χ0n) is 17.5. The highest BCUT2D eigenvalue weighted by Crippen LogP contribution is 2.24. The SMILES string of the molecule is CCCCNC(=O)c1ccccc1NC(=O)C(C)N(c1ccc(F)c(F)c1)S(C)(=O)=O. The lowest BCUT2D eigenvalue weighted by Gasteiger charge is -2.28. The van der Waals surface area contributed by atoms with Crippen molar-refractivity contribution in [2.75, 3.05) is 22.4 Å². The van der Waals surface area contributed by atoms with Crippen LogP contribution in [0, 0.1) is 11.6 Å². The van der Waals surface area contributed by atoms with Crippen molar-refractivity contribution >= 4 is 33.2 Å². The number of para-hydroxylation sites is 1. The first-order chi connectivity index (χ1) is 14.6. The molecule has 10 heteroatoms. The Balaban J connectivity index is 2.29. The van der Waals surface area contributed by atoms with Crippen molar-refractivity contribution in [3.63, 3.8) is 0 Å². The molecule has 0 aliphatic carbocycles. The minimum absolute atomic E-state index is 0.199. The lowest BCUT2D eigenvalue weighted by Crippen LogP contribution is -2.45. The number of sulfonamides is 1. The summed E-state index contributed by atoms with van der Waals surface area (Å²) in [5, 5.41) is 5.31. The molecule has 0 heterocycles. The minimum atomic E-state index is -4.02. The summed E-state index contributed by atoms with van der Waals surface area (Å²) in [6.45, 7) is 3.77. The Morgan fingerprint density at radius 2 is 1.77 bits per heavy atom. The highest BCUT2D eigenvalue weighted by atomic mass is 32.2. The standard InChI is InChI=1S/C21H25F2N3O4S/c1-4-5-12-24-21(28)16-8-6-7-9-19(16)25-20(27)14(2)26(31(3,29)30)15-10-11-17(22)18(23)13-15/h6-11,13-14H,4-5,12H2,1-3H3,(H,24,28)(H,25,27). The zero-order valence-corrected chi connectivity index (χ0v) is 18.3. The average Bonchev–Trinajstić information content (AvgIpc) is 2.70. The normalized spacial score (nSPS) is 12.2. The van der Waals surface area contributed by atoms with Crippen molar-refractivity contribution in [2.24, 2.45) is 0 Å². The molecule has 31 heavy (non-hydrogen) atoms. The fourth-order valence-electron chi connectivity index (χ4n) is 2.93. The van der Waals surface area contributed by atoms with Crippen molar-refractivity contribution in [3.05, 3.63) is 59.7 Å². The number of carbonyl (C=O) groups is 2. The molecule has 0 saturated heterocycles. The number of nitrogens with one attached hydrogen (secondary N) is 2. The molecular weight excluding hydrogens is 428 g/mol. The molecule has 2 rings (SSSR count). The van der Waals surface area contributed by atoms with Crippen LogP contribution in [0.2, 0.25) is 0 Å². The minimum Gasteiger partial charge on any atom is -0.352 e. The number of carbonyl (C=O) groups excluding carboxylic acids is 2. The number of hydrogen-bond donors (Lipinski definition) is 2. The Morgan fingerprint density at radius 3 is 2.39 bits per heavy atom. The highest BCUT2D eigenvalue weighted by Gasteiger charge is 2.30. The second-order valence-electron chi connectivity index (χ2n) is 6.98. The third-order valence-corrected chi connectivity index (χ3v) is 5.73. The van der Waals surface area contributed by atoms with Gasteiger partial charge in [0.2, 0.25) is 15.9 Å². The van der Waals surface area contributed by atoms with E-state index in [1.807, 2.05) is 6.92 Å². The van der Waals surface area contributed by atoms with Crippen LogP contribution in [0.3, 0.4) is 0 Å². The quantitative estimate of drug-likeness (QED) is 0.570. The first-order valence-corrected chi connectivity index (χ1v) is 11.5. The number of benzene rings is 2. The summed E-state index contributed by atoms with van der Waals surface area (Å²) >= 11 is 0. The molecule has 1 atom stereocenters. The van der Waals surface area contributed by atoms with Crippen molar-refractivity contribution in [1.82, 2.24) is 5.32 Å². The molecule has 2 N–H and O–H groups in total. The Kier molecular flexibility index (Phi) is 8.09. The van der Waals surface area contributed by atoms with Gasteiger partial charge in [-0.1, -0.05) is 25.5 Å². The van der Waals surface area contributed by atoms with Gasteiger partial charge in [0.25, 0.3) is 5.91 Å². The summed E-state index contributed by atoms with van der Waals surface area (Å²) in [7, 11) is -4.02. The number of anilines is 2. The maximum Gasteiger partial charge on any atom is 0.253 e. The van der Waals surface area contributed by atoms with Gasteiger partial charge >= 0.3 is 0 Å². The van der Waals surface area contributed by atoms with E-state index in [1.54, 1.807) is 12.1 Å². The second-order valence-corrected chi connectivity index (χ2v) is 8.84. The van der Waals surface area contributed by atoms with Gasteiger partial charge in [-0.3, -0.25) is 13.9 Å². The molecule has 0 aromatic heterocycles. The van der Waals surface area contributed by atoms with Gasteiger partial charge in [0.1, 0.15) is 6.04 Å². The number of halogens is 2. The Labute approximate surface area is 180 Å². The molecule has 2 amide bonds. The Bertz CT molecular complexity index is 1060. The summed E-state index contributed by atoms with van der Waals surface area (Å²) < 4.78 is 52.3. The maximum atomic E-state index is 13.7. The molecular formula is C21H25F2N3O4S. The third-order valence-electron chi connectivity index (χ3n) is 4.49. The van der Waals surface area contributed by atoms with Crippen LogP contribution in [0.4, 0.5) is 20.2 Å². The highest BCUT2D eigenvalue weighted by molar-refractivity contribution is 7.92. The smallest absolute Gasteiger partial charge is 0.253 e. The molecule has 0 fully saturated rings. The van der Waals surface area contributed by atoms with Gasteiger partial charge < -0.3 is 10.6 Å². The molecule has 1 unspecified atom stereocenters. The monoisotopic (exact) mass is 453 g/mol. The summed E-state index contributed by atoms with van der Waals surface area (Å²) in [6, 6.07) is 7.55.